The molecule has 2 aliphatic carbocycles. The van der Waals surface area contributed by atoms with Gasteiger partial charge in [0.25, 0.3) is 5.79 Å². The van der Waals surface area contributed by atoms with Crippen LogP contribution in [0.4, 0.5) is 0 Å². The molecule has 4 N–H and O–H groups in total. The first-order valence-corrected chi connectivity index (χ1v) is 9.93. The molecule has 1 heterocycles. The van der Waals surface area contributed by atoms with E-state index in [1.54, 1.807) is 0 Å². The van der Waals surface area contributed by atoms with E-state index in [2.05, 4.69) is 0 Å². The average molecular weight is 352 g/mol. The summed E-state index contributed by atoms with van der Waals surface area (Å²) in [5, 5.41) is 0. The van der Waals surface area contributed by atoms with E-state index in [0.29, 0.717) is 38.5 Å². The molecule has 0 aromatic carbocycles. The van der Waals surface area contributed by atoms with Crippen molar-refractivity contribution < 1.29 is 19.1 Å². The number of hydrogen-bond donors (Lipinski definition) is 2. The molecule has 0 aromatic heterocycles. The summed E-state index contributed by atoms with van der Waals surface area (Å²) in [6.45, 7) is 0. The maximum atomic E-state index is 12.5. The Morgan fingerprint density at radius 3 is 1.72 bits per heavy atom. The minimum atomic E-state index is -1.12. The van der Waals surface area contributed by atoms with Crippen molar-refractivity contribution in [2.24, 2.45) is 23.3 Å². The van der Waals surface area contributed by atoms with E-state index in [1.807, 2.05) is 0 Å². The van der Waals surface area contributed by atoms with Gasteiger partial charge in [-0.05, 0) is 51.4 Å². The molecule has 1 saturated heterocycles. The minimum absolute atomic E-state index is 0.0122. The monoisotopic (exact) mass is 352 g/mol. The van der Waals surface area contributed by atoms with Crippen molar-refractivity contribution in [1.82, 2.24) is 0 Å². The summed E-state index contributed by atoms with van der Waals surface area (Å²) >= 11 is 0. The normalized spacial score (nSPS) is 29.0. The fourth-order valence-electron chi connectivity index (χ4n) is 4.75. The molecule has 0 amide bonds. The van der Waals surface area contributed by atoms with Gasteiger partial charge in [-0.2, -0.15) is 0 Å². The molecule has 6 heteroatoms. The predicted octanol–water partition coefficient (Wildman–Crippen LogP) is 2.73. The third-order valence-electron chi connectivity index (χ3n) is 6.22. The van der Waals surface area contributed by atoms with Crippen LogP contribution in [0, 0.1) is 11.8 Å². The summed E-state index contributed by atoms with van der Waals surface area (Å²) in [6, 6.07) is 0. The zero-order valence-corrected chi connectivity index (χ0v) is 15.1. The van der Waals surface area contributed by atoms with Crippen LogP contribution >= 0.6 is 0 Å². The fraction of sp³-hybridized carbons (Fsp3) is 0.895. The minimum Gasteiger partial charge on any atom is -0.422 e. The second-order valence-electron chi connectivity index (χ2n) is 8.22. The molecule has 0 bridgehead atoms. The molecule has 25 heavy (non-hydrogen) atoms. The number of nitrogens with two attached hydrogens (primary N) is 2. The highest BCUT2D eigenvalue weighted by atomic mass is 16.7. The number of esters is 2. The lowest BCUT2D eigenvalue weighted by Gasteiger charge is -2.48. The van der Waals surface area contributed by atoms with E-state index in [4.69, 9.17) is 20.9 Å². The molecular formula is C19H32N2O4. The van der Waals surface area contributed by atoms with E-state index in [9.17, 15) is 9.59 Å². The number of rotatable bonds is 2. The summed E-state index contributed by atoms with van der Waals surface area (Å²) in [6.07, 6.45) is 10.1. The highest BCUT2D eigenvalue weighted by molar-refractivity contribution is 5.73. The summed E-state index contributed by atoms with van der Waals surface area (Å²) in [5.74, 6) is -1.52. The SMILES string of the molecule is NC1(N)CCC(C2(C3CCCCC3)OC(=O)CCCCC(=O)O2)CC1. The molecule has 3 aliphatic rings. The molecule has 3 rings (SSSR count). The van der Waals surface area contributed by atoms with E-state index in [1.165, 1.54) is 6.42 Å². The summed E-state index contributed by atoms with van der Waals surface area (Å²) in [7, 11) is 0. The largest absolute Gasteiger partial charge is 0.422 e. The molecule has 6 nitrogen and oxygen atoms in total. The van der Waals surface area contributed by atoms with Gasteiger partial charge in [0, 0.05) is 24.7 Å². The zero-order valence-electron chi connectivity index (χ0n) is 15.1. The molecular weight excluding hydrogens is 320 g/mol. The van der Waals surface area contributed by atoms with Crippen LogP contribution in [0.5, 0.6) is 0 Å². The van der Waals surface area contributed by atoms with Crippen LogP contribution in [0.3, 0.4) is 0 Å². The highest BCUT2D eigenvalue weighted by Gasteiger charge is 2.54. The van der Waals surface area contributed by atoms with Gasteiger partial charge in [0.15, 0.2) is 0 Å². The lowest BCUT2D eigenvalue weighted by atomic mass is 9.70. The Morgan fingerprint density at radius 1 is 0.720 bits per heavy atom. The van der Waals surface area contributed by atoms with E-state index < -0.39 is 11.4 Å². The maximum absolute atomic E-state index is 12.5. The third kappa shape index (κ3) is 4.34. The second-order valence-corrected chi connectivity index (χ2v) is 8.22. The van der Waals surface area contributed by atoms with Gasteiger partial charge in [0.1, 0.15) is 0 Å². The van der Waals surface area contributed by atoms with Crippen molar-refractivity contribution in [3.8, 4) is 0 Å². The van der Waals surface area contributed by atoms with Crippen molar-refractivity contribution >= 4 is 11.9 Å². The molecule has 0 atom stereocenters. The smallest absolute Gasteiger partial charge is 0.309 e. The number of carbonyl (C=O) groups excluding carboxylic acids is 2. The molecule has 0 radical (unpaired) electrons. The molecule has 3 fully saturated rings. The van der Waals surface area contributed by atoms with Crippen LogP contribution < -0.4 is 11.5 Å². The second kappa shape index (κ2) is 7.62. The molecule has 142 valence electrons. The summed E-state index contributed by atoms with van der Waals surface area (Å²) < 4.78 is 12.0. The number of carbonyl (C=O) groups is 2. The van der Waals surface area contributed by atoms with E-state index in [0.717, 1.165) is 38.5 Å². The number of hydrogen-bond acceptors (Lipinski definition) is 6. The molecule has 1 aliphatic heterocycles. The van der Waals surface area contributed by atoms with Gasteiger partial charge in [0.2, 0.25) is 0 Å². The Balaban J connectivity index is 1.90. The quantitative estimate of drug-likeness (QED) is 0.585. The van der Waals surface area contributed by atoms with E-state index in [-0.39, 0.29) is 23.8 Å². The summed E-state index contributed by atoms with van der Waals surface area (Å²) in [4.78, 5) is 24.9. The van der Waals surface area contributed by atoms with Crippen LogP contribution in [0.2, 0.25) is 0 Å². The van der Waals surface area contributed by atoms with Gasteiger partial charge in [-0.1, -0.05) is 19.3 Å². The third-order valence-corrected chi connectivity index (χ3v) is 6.22. The Morgan fingerprint density at radius 2 is 1.20 bits per heavy atom. The van der Waals surface area contributed by atoms with Crippen molar-refractivity contribution in [3.63, 3.8) is 0 Å². The average Bonchev–Trinajstić information content (AvgIpc) is 2.65. The topological polar surface area (TPSA) is 105 Å². The van der Waals surface area contributed by atoms with E-state index >= 15 is 0 Å². The van der Waals surface area contributed by atoms with Gasteiger partial charge >= 0.3 is 11.9 Å². The highest BCUT2D eigenvalue weighted by Crippen LogP contribution is 2.47. The first-order chi connectivity index (χ1) is 11.9. The zero-order chi connectivity index (χ0) is 17.9. The number of ether oxygens (including phenoxy) is 2. The van der Waals surface area contributed by atoms with Crippen molar-refractivity contribution in [3.05, 3.63) is 0 Å². The van der Waals surface area contributed by atoms with Crippen LogP contribution in [0.1, 0.15) is 83.5 Å². The Hall–Kier alpha value is -1.14. The first-order valence-electron chi connectivity index (χ1n) is 9.93. The molecule has 0 aromatic rings. The Labute approximate surface area is 150 Å². The van der Waals surface area contributed by atoms with Gasteiger partial charge in [0.05, 0.1) is 5.66 Å². The van der Waals surface area contributed by atoms with Gasteiger partial charge in [-0.3, -0.25) is 9.59 Å². The standard InChI is InChI=1S/C19H32N2O4/c20-18(21)12-10-15(11-13-18)19(14-6-2-1-3-7-14)24-16(22)8-4-5-9-17(23)25-19/h14-15H,1-13,20-21H2. The molecule has 0 unspecified atom stereocenters. The Bertz CT molecular complexity index is 470. The van der Waals surface area contributed by atoms with Crippen LogP contribution in [0.15, 0.2) is 0 Å². The first kappa shape index (κ1) is 18.6. The lowest BCUT2D eigenvalue weighted by molar-refractivity contribution is -0.277. The van der Waals surface area contributed by atoms with Crippen LogP contribution in [-0.4, -0.2) is 23.4 Å². The number of cyclic esters (lactones) is 2. The molecule has 0 spiro atoms. The Kier molecular flexibility index (Phi) is 5.68. The van der Waals surface area contributed by atoms with Crippen molar-refractivity contribution in [1.29, 1.82) is 0 Å². The van der Waals surface area contributed by atoms with Crippen molar-refractivity contribution in [2.75, 3.05) is 0 Å². The van der Waals surface area contributed by atoms with Crippen LogP contribution in [0.25, 0.3) is 0 Å². The van der Waals surface area contributed by atoms with Gasteiger partial charge in [-0.25, -0.2) is 0 Å². The van der Waals surface area contributed by atoms with Gasteiger partial charge < -0.3 is 20.9 Å². The van der Waals surface area contributed by atoms with Gasteiger partial charge in [-0.15, -0.1) is 0 Å². The fourth-order valence-corrected chi connectivity index (χ4v) is 4.75. The molecule has 2 saturated carbocycles. The summed E-state index contributed by atoms with van der Waals surface area (Å²) in [5.41, 5.74) is 11.5. The predicted molar refractivity (Wildman–Crippen MR) is 93.0 cm³/mol. The lowest BCUT2D eigenvalue weighted by Crippen LogP contribution is -2.58. The maximum Gasteiger partial charge on any atom is 0.309 e. The van der Waals surface area contributed by atoms with Crippen LogP contribution in [-0.2, 0) is 19.1 Å². The van der Waals surface area contributed by atoms with Crippen molar-refractivity contribution in [2.45, 2.75) is 94.9 Å².